The normalized spacial score (nSPS) is 10.7. The van der Waals surface area contributed by atoms with Gasteiger partial charge in [-0.1, -0.05) is 60.7 Å². The predicted molar refractivity (Wildman–Crippen MR) is 176 cm³/mol. The molecule has 0 aliphatic rings. The Balaban J connectivity index is 1.16. The van der Waals surface area contributed by atoms with Gasteiger partial charge in [0.25, 0.3) is 0 Å². The Labute approximate surface area is 268 Å². The van der Waals surface area contributed by atoms with E-state index < -0.39 is 0 Å². The monoisotopic (exact) mass is 614 g/mol. The molecule has 8 heteroatoms. The molecule has 6 rings (SSSR count). The van der Waals surface area contributed by atoms with Crippen LogP contribution in [0.5, 0.6) is 34.5 Å². The lowest BCUT2D eigenvalue weighted by Gasteiger charge is -2.15. The zero-order valence-electron chi connectivity index (χ0n) is 25.7. The number of methoxy groups -OCH3 is 2. The lowest BCUT2D eigenvalue weighted by molar-refractivity contribution is 0.275. The third kappa shape index (κ3) is 7.65. The summed E-state index contributed by atoms with van der Waals surface area (Å²) in [6.07, 6.45) is 0. The molecule has 46 heavy (non-hydrogen) atoms. The van der Waals surface area contributed by atoms with Gasteiger partial charge in [0.05, 0.1) is 14.2 Å². The summed E-state index contributed by atoms with van der Waals surface area (Å²) in [7, 11) is 3.20. The first kappa shape index (κ1) is 30.3. The van der Waals surface area contributed by atoms with E-state index in [1.807, 2.05) is 121 Å². The fourth-order valence-corrected chi connectivity index (χ4v) is 4.77. The van der Waals surface area contributed by atoms with Crippen LogP contribution in [0.25, 0.3) is 11.0 Å². The summed E-state index contributed by atoms with van der Waals surface area (Å²) < 4.78 is 35.3. The molecular formula is C38H34N2O6. The molecule has 5 aromatic carbocycles. The Hall–Kier alpha value is -5.76. The van der Waals surface area contributed by atoms with Crippen LogP contribution in [-0.2, 0) is 26.4 Å². The molecule has 1 heterocycles. The van der Waals surface area contributed by atoms with Gasteiger partial charge in [0.15, 0.2) is 0 Å². The molecule has 0 N–H and O–H groups in total. The van der Waals surface area contributed by atoms with Crippen LogP contribution in [-0.4, -0.2) is 24.2 Å². The van der Waals surface area contributed by atoms with Gasteiger partial charge in [0.2, 0.25) is 0 Å². The number of nitrogens with zero attached hydrogens (tertiary/aromatic N) is 2. The zero-order chi connectivity index (χ0) is 31.6. The highest BCUT2D eigenvalue weighted by Gasteiger charge is 2.17. The molecular weight excluding hydrogens is 580 g/mol. The van der Waals surface area contributed by atoms with Gasteiger partial charge in [-0.3, -0.25) is 0 Å². The van der Waals surface area contributed by atoms with Crippen molar-refractivity contribution in [2.24, 2.45) is 0 Å². The molecule has 0 atom stereocenters. The maximum Gasteiger partial charge on any atom is 0.146 e. The fourth-order valence-electron chi connectivity index (χ4n) is 4.77. The quantitative estimate of drug-likeness (QED) is 0.122. The second kappa shape index (κ2) is 14.8. The smallest absolute Gasteiger partial charge is 0.146 e. The van der Waals surface area contributed by atoms with Crippen molar-refractivity contribution in [3.05, 3.63) is 144 Å². The maximum atomic E-state index is 6.16. The zero-order valence-corrected chi connectivity index (χ0v) is 25.7. The molecule has 0 aliphatic carbocycles. The molecule has 0 fully saturated rings. The number of hydrogen-bond acceptors (Lipinski definition) is 8. The molecule has 8 nitrogen and oxygen atoms in total. The predicted octanol–water partition coefficient (Wildman–Crippen LogP) is 7.96. The molecule has 0 aliphatic heterocycles. The molecule has 0 unspecified atom stereocenters. The van der Waals surface area contributed by atoms with Gasteiger partial charge < -0.3 is 28.4 Å². The largest absolute Gasteiger partial charge is 0.494 e. The average molecular weight is 615 g/mol. The summed E-state index contributed by atoms with van der Waals surface area (Å²) in [6, 6.07) is 38.7. The van der Waals surface area contributed by atoms with Crippen molar-refractivity contribution in [3.8, 4) is 34.5 Å². The van der Waals surface area contributed by atoms with E-state index in [2.05, 4.69) is 0 Å². The van der Waals surface area contributed by atoms with E-state index in [9.17, 15) is 0 Å². The highest BCUT2D eigenvalue weighted by atomic mass is 16.5. The third-order valence-electron chi connectivity index (χ3n) is 7.24. The van der Waals surface area contributed by atoms with Crippen molar-refractivity contribution < 1.29 is 28.4 Å². The van der Waals surface area contributed by atoms with Crippen molar-refractivity contribution >= 4 is 11.0 Å². The highest BCUT2D eigenvalue weighted by molar-refractivity contribution is 5.87. The standard InChI is InChI=1S/C38H34N2O6/c1-41-35-21-22-36(42-2)38-37(35)39-33(25-45-31-17-13-29(14-18-31)43-23-27-9-5-3-6-10-27)34(40-38)26-46-32-19-15-30(16-20-32)44-24-28-11-7-4-8-12-28/h3-22H,23-26H2,1-2H3. The topological polar surface area (TPSA) is 81.2 Å². The summed E-state index contributed by atoms with van der Waals surface area (Å²) >= 11 is 0. The van der Waals surface area contributed by atoms with Gasteiger partial charge in [-0.15, -0.1) is 0 Å². The molecule has 0 bridgehead atoms. The number of benzene rings is 5. The van der Waals surface area contributed by atoms with Crippen molar-refractivity contribution in [1.82, 2.24) is 9.97 Å². The van der Waals surface area contributed by atoms with Gasteiger partial charge in [-0.2, -0.15) is 0 Å². The Morgan fingerprint density at radius 1 is 0.391 bits per heavy atom. The Bertz CT molecular complexity index is 1710. The van der Waals surface area contributed by atoms with Crippen molar-refractivity contribution in [2.45, 2.75) is 26.4 Å². The molecule has 232 valence electrons. The van der Waals surface area contributed by atoms with Crippen LogP contribution >= 0.6 is 0 Å². The van der Waals surface area contributed by atoms with Crippen molar-refractivity contribution in [3.63, 3.8) is 0 Å². The van der Waals surface area contributed by atoms with E-state index in [1.165, 1.54) is 0 Å². The summed E-state index contributed by atoms with van der Waals surface area (Å²) in [4.78, 5) is 9.83. The number of aromatic nitrogens is 2. The van der Waals surface area contributed by atoms with E-state index >= 15 is 0 Å². The number of rotatable bonds is 14. The van der Waals surface area contributed by atoms with Gasteiger partial charge in [-0.25, -0.2) is 9.97 Å². The molecule has 0 saturated heterocycles. The summed E-state index contributed by atoms with van der Waals surface area (Å²) in [6.45, 7) is 1.31. The van der Waals surface area contributed by atoms with E-state index in [0.29, 0.717) is 58.6 Å². The first-order chi connectivity index (χ1) is 22.7. The van der Waals surface area contributed by atoms with Gasteiger partial charge in [0.1, 0.15) is 83.3 Å². The van der Waals surface area contributed by atoms with Gasteiger partial charge >= 0.3 is 0 Å². The van der Waals surface area contributed by atoms with E-state index in [0.717, 1.165) is 22.6 Å². The minimum absolute atomic E-state index is 0.165. The summed E-state index contributed by atoms with van der Waals surface area (Å²) in [5.74, 6) is 4.02. The first-order valence-electron chi connectivity index (χ1n) is 14.9. The van der Waals surface area contributed by atoms with Crippen LogP contribution in [0, 0.1) is 0 Å². The first-order valence-corrected chi connectivity index (χ1v) is 14.9. The summed E-state index contributed by atoms with van der Waals surface area (Å²) in [5.41, 5.74) is 4.60. The molecule has 0 radical (unpaired) electrons. The Morgan fingerprint density at radius 3 is 1.04 bits per heavy atom. The summed E-state index contributed by atoms with van der Waals surface area (Å²) in [5, 5.41) is 0. The SMILES string of the molecule is COc1ccc(OC)c2nc(COc3ccc(OCc4ccccc4)cc3)c(COc3ccc(OCc4ccccc4)cc3)nc12. The average Bonchev–Trinajstić information content (AvgIpc) is 3.12. The van der Waals surface area contributed by atoms with Crippen LogP contribution in [0.15, 0.2) is 121 Å². The molecule has 6 aromatic rings. The van der Waals surface area contributed by atoms with Crippen LogP contribution in [0.2, 0.25) is 0 Å². The second-order valence-electron chi connectivity index (χ2n) is 10.4. The number of hydrogen-bond donors (Lipinski definition) is 0. The van der Waals surface area contributed by atoms with Crippen LogP contribution < -0.4 is 28.4 Å². The number of fused-ring (bicyclic) bond motifs is 1. The Kier molecular flexibility index (Phi) is 9.75. The molecule has 0 amide bonds. The highest BCUT2D eigenvalue weighted by Crippen LogP contribution is 2.32. The minimum Gasteiger partial charge on any atom is -0.494 e. The third-order valence-corrected chi connectivity index (χ3v) is 7.24. The van der Waals surface area contributed by atoms with Crippen LogP contribution in [0.4, 0.5) is 0 Å². The van der Waals surface area contributed by atoms with Gasteiger partial charge in [0, 0.05) is 0 Å². The Morgan fingerprint density at radius 2 is 0.717 bits per heavy atom. The van der Waals surface area contributed by atoms with E-state index in [1.54, 1.807) is 14.2 Å². The fraction of sp³-hybridized carbons (Fsp3) is 0.158. The second-order valence-corrected chi connectivity index (χ2v) is 10.4. The van der Waals surface area contributed by atoms with Gasteiger partial charge in [-0.05, 0) is 71.8 Å². The molecule has 1 aromatic heterocycles. The van der Waals surface area contributed by atoms with Crippen LogP contribution in [0.1, 0.15) is 22.5 Å². The van der Waals surface area contributed by atoms with E-state index in [-0.39, 0.29) is 13.2 Å². The lowest BCUT2D eigenvalue weighted by atomic mass is 10.2. The van der Waals surface area contributed by atoms with Crippen molar-refractivity contribution in [1.29, 1.82) is 0 Å². The molecule has 0 spiro atoms. The van der Waals surface area contributed by atoms with Crippen molar-refractivity contribution in [2.75, 3.05) is 14.2 Å². The van der Waals surface area contributed by atoms with E-state index in [4.69, 9.17) is 38.4 Å². The van der Waals surface area contributed by atoms with Crippen LogP contribution in [0.3, 0.4) is 0 Å². The molecule has 0 saturated carbocycles. The lowest BCUT2D eigenvalue weighted by Crippen LogP contribution is -2.10. The number of ether oxygens (including phenoxy) is 6. The maximum absolute atomic E-state index is 6.16. The minimum atomic E-state index is 0.165.